The van der Waals surface area contributed by atoms with Gasteiger partial charge < -0.3 is 0 Å². The molecule has 1 aliphatic carbocycles. The van der Waals surface area contributed by atoms with Gasteiger partial charge in [0.15, 0.2) is 0 Å². The van der Waals surface area contributed by atoms with E-state index in [9.17, 15) is 13.2 Å². The number of sulfonamides is 1. The summed E-state index contributed by atoms with van der Waals surface area (Å²) in [5.41, 5.74) is 0. The lowest BCUT2D eigenvalue weighted by molar-refractivity contribution is -0.117. The monoisotopic (exact) mass is 369 g/mol. The molecule has 4 nitrogen and oxygen atoms in total. The Morgan fingerprint density at radius 3 is 2.29 bits per heavy atom. The maximum Gasteiger partial charge on any atom is 0.287 e. The van der Waals surface area contributed by atoms with E-state index in [-0.39, 0.29) is 15.9 Å². The first-order chi connectivity index (χ1) is 11.2. The highest BCUT2D eigenvalue weighted by Crippen LogP contribution is 2.33. The summed E-state index contributed by atoms with van der Waals surface area (Å²) in [7, 11) is -4.40. The molecule has 0 aliphatic heterocycles. The fourth-order valence-corrected chi connectivity index (χ4v) is 8.33. The molecule has 0 heterocycles. The molecule has 0 bridgehead atoms. The van der Waals surface area contributed by atoms with Crippen molar-refractivity contribution in [2.24, 2.45) is 3.77 Å². The molecule has 0 saturated heterocycles. The Hall–Kier alpha value is -1.01. The predicted octanol–water partition coefficient (Wildman–Crippen LogP) is 4.27. The quantitative estimate of drug-likeness (QED) is 0.752. The molecule has 1 atom stereocenters. The Kier molecular flexibility index (Phi) is 6.37. The summed E-state index contributed by atoms with van der Waals surface area (Å²) in [6.07, 6.45) is 5.79. The van der Waals surface area contributed by atoms with Gasteiger partial charge in [-0.05, 0) is 45.7 Å². The summed E-state index contributed by atoms with van der Waals surface area (Å²) in [6.45, 7) is 5.53. The van der Waals surface area contributed by atoms with Crippen LogP contribution in [0.1, 0.15) is 59.3 Å². The molecule has 1 aromatic rings. The van der Waals surface area contributed by atoms with Crippen molar-refractivity contribution < 1.29 is 13.2 Å². The van der Waals surface area contributed by atoms with Gasteiger partial charge in [-0.25, -0.2) is 0 Å². The van der Waals surface area contributed by atoms with Gasteiger partial charge in [0.1, 0.15) is 5.78 Å². The summed E-state index contributed by atoms with van der Waals surface area (Å²) in [5, 5.41) is 0.256. The molecule has 0 amide bonds. The van der Waals surface area contributed by atoms with Crippen molar-refractivity contribution in [3.63, 3.8) is 0 Å². The average Bonchev–Trinajstić information content (AvgIpc) is 2.53. The van der Waals surface area contributed by atoms with Gasteiger partial charge in [-0.15, -0.1) is 3.77 Å². The molecule has 24 heavy (non-hydrogen) atoms. The van der Waals surface area contributed by atoms with E-state index < -0.39 is 25.5 Å². The van der Waals surface area contributed by atoms with Gasteiger partial charge in [0, 0.05) is 16.4 Å². The second-order valence-corrected chi connectivity index (χ2v) is 11.5. The highest BCUT2D eigenvalue weighted by Gasteiger charge is 2.34. The van der Waals surface area contributed by atoms with Crippen LogP contribution in [0.25, 0.3) is 0 Å². The Morgan fingerprint density at radius 2 is 1.75 bits per heavy atom. The third-order valence-corrected chi connectivity index (χ3v) is 9.00. The van der Waals surface area contributed by atoms with Crippen LogP contribution in [-0.2, 0) is 25.5 Å². The number of carbonyl (C=O) groups excluding carboxylic acids is 1. The zero-order chi connectivity index (χ0) is 17.8. The maximum atomic E-state index is 12.8. The molecule has 1 saturated carbocycles. The maximum absolute atomic E-state index is 12.8. The molecule has 1 unspecified atom stereocenters. The molecule has 1 fully saturated rings. The number of benzene rings is 1. The van der Waals surface area contributed by atoms with Crippen molar-refractivity contribution in [1.29, 1.82) is 0 Å². The molecule has 1 aliphatic rings. The van der Waals surface area contributed by atoms with Crippen molar-refractivity contribution in [1.82, 2.24) is 0 Å². The van der Waals surface area contributed by atoms with Crippen LogP contribution in [-0.4, -0.2) is 24.2 Å². The van der Waals surface area contributed by atoms with Gasteiger partial charge in [-0.3, -0.25) is 4.79 Å². The second-order valence-electron chi connectivity index (χ2n) is 7.08. The van der Waals surface area contributed by atoms with E-state index in [2.05, 4.69) is 3.77 Å². The lowest BCUT2D eigenvalue weighted by Crippen LogP contribution is -2.37. The van der Waals surface area contributed by atoms with E-state index in [1.54, 1.807) is 37.3 Å². The number of rotatable bonds is 6. The van der Waals surface area contributed by atoms with E-state index in [0.717, 1.165) is 25.7 Å². The minimum Gasteiger partial charge on any atom is -0.300 e. The van der Waals surface area contributed by atoms with Gasteiger partial charge >= 0.3 is 0 Å². The molecule has 1 aromatic carbocycles. The van der Waals surface area contributed by atoms with Crippen molar-refractivity contribution >= 4 is 26.5 Å². The van der Waals surface area contributed by atoms with Crippen LogP contribution >= 0.6 is 0 Å². The van der Waals surface area contributed by atoms with E-state index in [0.29, 0.717) is 6.42 Å². The summed E-state index contributed by atoms with van der Waals surface area (Å²) in [6, 6.07) is 8.38. The zero-order valence-corrected chi connectivity index (χ0v) is 16.3. The fraction of sp³-hybridized carbons (Fsp3) is 0.611. The molecule has 2 rings (SSSR count). The topological polar surface area (TPSA) is 63.6 Å². The van der Waals surface area contributed by atoms with Crippen molar-refractivity contribution in [2.45, 2.75) is 74.2 Å². The number of hydrogen-bond acceptors (Lipinski definition) is 3. The van der Waals surface area contributed by atoms with Crippen molar-refractivity contribution in [2.75, 3.05) is 0 Å². The van der Waals surface area contributed by atoms with Crippen LogP contribution in [0.5, 0.6) is 0 Å². The fourth-order valence-electron chi connectivity index (χ4n) is 3.32. The summed E-state index contributed by atoms with van der Waals surface area (Å²) >= 11 is 0. The minimum absolute atomic E-state index is 0.0839. The van der Waals surface area contributed by atoms with Crippen LogP contribution in [0.15, 0.2) is 39.0 Å². The lowest BCUT2D eigenvalue weighted by Gasteiger charge is -2.34. The number of carbonyl (C=O) groups is 1. The highest BCUT2D eigenvalue weighted by atomic mass is 32.3. The molecule has 0 spiro atoms. The van der Waals surface area contributed by atoms with Crippen LogP contribution in [0.3, 0.4) is 0 Å². The molecule has 0 N–H and O–H groups in total. The smallest absolute Gasteiger partial charge is 0.287 e. The Balaban J connectivity index is 2.46. The number of ketones is 1. The number of hydrogen-bond donors (Lipinski definition) is 0. The molecular formula is C18H27NO3S2. The molecule has 0 aromatic heterocycles. The van der Waals surface area contributed by atoms with E-state index in [1.807, 2.05) is 13.8 Å². The van der Waals surface area contributed by atoms with Gasteiger partial charge in [0.05, 0.1) is 4.90 Å². The Morgan fingerprint density at radius 1 is 1.17 bits per heavy atom. The highest BCUT2D eigenvalue weighted by molar-refractivity contribution is 8.01. The standard InChI is InChI=1S/C18H27NO3S2/c1-15(20)14-18(2,3)23(16-10-6-4-7-11-16)19-24(21,22)17-12-8-5-9-13-17/h5,8-9,12-13,16H,4,6-7,10-11,14H2,1-3H3. The summed E-state index contributed by atoms with van der Waals surface area (Å²) < 4.78 is 29.5. The Bertz CT molecular complexity index is 703. The third-order valence-electron chi connectivity index (χ3n) is 4.33. The summed E-state index contributed by atoms with van der Waals surface area (Å²) in [4.78, 5) is 11.9. The van der Waals surface area contributed by atoms with Gasteiger partial charge in [-0.2, -0.15) is 8.42 Å². The van der Waals surface area contributed by atoms with E-state index in [1.165, 1.54) is 6.42 Å². The van der Waals surface area contributed by atoms with Crippen LogP contribution < -0.4 is 0 Å². The lowest BCUT2D eigenvalue weighted by atomic mass is 10.0. The molecule has 134 valence electrons. The van der Waals surface area contributed by atoms with Crippen molar-refractivity contribution in [3.8, 4) is 0 Å². The third kappa shape index (κ3) is 4.99. The van der Waals surface area contributed by atoms with Crippen LogP contribution in [0.2, 0.25) is 0 Å². The molecule has 6 heteroatoms. The number of Topliss-reactive ketones (excluding diaryl/α,β-unsaturated/α-hetero) is 1. The van der Waals surface area contributed by atoms with Crippen molar-refractivity contribution in [3.05, 3.63) is 30.3 Å². The Labute approximate surface area is 148 Å². The van der Waals surface area contributed by atoms with Gasteiger partial charge in [0.2, 0.25) is 0 Å². The first-order valence-electron chi connectivity index (χ1n) is 8.48. The largest absolute Gasteiger partial charge is 0.300 e. The first-order valence-corrected chi connectivity index (χ1v) is 11.2. The summed E-state index contributed by atoms with van der Waals surface area (Å²) in [5.74, 6) is 0.0839. The van der Waals surface area contributed by atoms with Crippen LogP contribution in [0.4, 0.5) is 0 Å². The van der Waals surface area contributed by atoms with Crippen LogP contribution in [0, 0.1) is 0 Å². The van der Waals surface area contributed by atoms with E-state index in [4.69, 9.17) is 0 Å². The molecular weight excluding hydrogens is 342 g/mol. The normalized spacial score (nSPS) is 18.5. The number of nitrogens with zero attached hydrogens (tertiary/aromatic N) is 1. The molecule has 0 radical (unpaired) electrons. The van der Waals surface area contributed by atoms with Gasteiger partial charge in [0.25, 0.3) is 10.0 Å². The minimum atomic E-state index is -3.70. The van der Waals surface area contributed by atoms with E-state index >= 15 is 0 Å². The van der Waals surface area contributed by atoms with Gasteiger partial charge in [-0.1, -0.05) is 48.2 Å². The average molecular weight is 370 g/mol. The second kappa shape index (κ2) is 7.91. The first kappa shape index (κ1) is 19.3. The SMILES string of the molecule is CC(=O)CC(C)(C)S(=NS(=O)(=O)c1ccccc1)C1CCCCC1. The zero-order valence-electron chi connectivity index (χ0n) is 14.7. The predicted molar refractivity (Wildman–Crippen MR) is 99.7 cm³/mol.